The average molecular weight is 1190 g/mol. The maximum absolute atomic E-state index is 12.8. The Balaban J connectivity index is 1.16. The molecule has 14 bridgehead atoms. The van der Waals surface area contributed by atoms with E-state index in [1.165, 1.54) is 12.1 Å². The Morgan fingerprint density at radius 3 is 1.06 bits per heavy atom. The Morgan fingerprint density at radius 2 is 0.693 bits per heavy atom. The molecule has 3 aromatic heterocycles. The zero-order valence-corrected chi connectivity index (χ0v) is 50.5. The Hall–Kier alpha value is -8.46. The van der Waals surface area contributed by atoms with E-state index in [9.17, 15) is 10.1 Å². The van der Waals surface area contributed by atoms with Gasteiger partial charge in [-0.1, -0.05) is 117 Å². The van der Waals surface area contributed by atoms with Gasteiger partial charge in [-0.25, -0.2) is 29.9 Å². The first kappa shape index (κ1) is 56.1. The average Bonchev–Trinajstić information content (AvgIpc) is 1.61. The number of aromatic nitrogens is 8. The molecule has 0 fully saturated rings. The lowest BCUT2D eigenvalue weighted by atomic mass is 9.89. The highest BCUT2D eigenvalue weighted by Gasteiger charge is 2.47. The lowest BCUT2D eigenvalue weighted by molar-refractivity contribution is -0.384. The van der Waals surface area contributed by atoms with Crippen LogP contribution in [0.15, 0.2) is 54.7 Å². The van der Waals surface area contributed by atoms with Crippen molar-refractivity contribution < 1.29 is 47.6 Å². The molecule has 11 heterocycles. The van der Waals surface area contributed by atoms with Crippen molar-refractivity contribution in [3.05, 3.63) is 98.2 Å². The largest absolute Gasteiger partial charge is 0.492 e. The number of ether oxygens (including phenoxy) is 9. The molecule has 0 saturated carbocycles. The molecule has 6 atom stereocenters. The van der Waals surface area contributed by atoms with Crippen LogP contribution in [0.1, 0.15) is 189 Å². The van der Waals surface area contributed by atoms with Gasteiger partial charge in [0, 0.05) is 56.6 Å². The SMILES string of the molecule is CCCCOc1c2c(c(OCCCC)c3c1[C@@H]1C=C[C@H]3O1)-c1nc3nc(nc4[nH]c(nc5[nH]c(nc-2n1)c1c(OCCCC)c2c(c(OCCCC)c51)[C@@H]1C=C[C@H]2O1)c1c(OCCCC)c2c(c(OCCCC)c41)[C@H]1C=C[C@@H]2O1)-c1ccc([N+](=O)[O-])cc1-3. The van der Waals surface area contributed by atoms with E-state index in [0.717, 1.165) is 110 Å². The molecule has 454 valence electrons. The number of nitrogens with one attached hydrogen (secondary N) is 2. The van der Waals surface area contributed by atoms with Crippen LogP contribution in [0.2, 0.25) is 0 Å². The number of unbranched alkanes of at least 4 members (excludes halogenated alkanes) is 6. The second-order valence-corrected chi connectivity index (χ2v) is 23.6. The summed E-state index contributed by atoms with van der Waals surface area (Å²) < 4.78 is 62.6. The van der Waals surface area contributed by atoms with E-state index in [4.69, 9.17) is 72.5 Å². The molecular weight excluding hydrogens is 1120 g/mol. The smallest absolute Gasteiger partial charge is 0.270 e. The first-order valence-corrected chi connectivity index (χ1v) is 31.9. The molecule has 0 amide bonds. The Labute approximate surface area is 508 Å². The second-order valence-electron chi connectivity index (χ2n) is 23.6. The molecule has 0 spiro atoms. The molecule has 20 heteroatoms. The van der Waals surface area contributed by atoms with E-state index < -0.39 is 41.5 Å². The Morgan fingerprint density at radius 1 is 0.398 bits per heavy atom. The molecule has 7 aromatic rings. The summed E-state index contributed by atoms with van der Waals surface area (Å²) in [7, 11) is 0. The van der Waals surface area contributed by atoms with Crippen LogP contribution in [0.3, 0.4) is 0 Å². The summed E-state index contributed by atoms with van der Waals surface area (Å²) in [5.74, 6) is 4.40. The molecular formula is C68H71N9O11. The number of rotatable bonds is 25. The quantitative estimate of drug-likeness (QED) is 0.0234. The van der Waals surface area contributed by atoms with Gasteiger partial charge in [-0.2, -0.15) is 0 Å². The van der Waals surface area contributed by atoms with Gasteiger partial charge in [0.15, 0.2) is 23.3 Å². The minimum absolute atomic E-state index is 0.145. The second kappa shape index (κ2) is 22.9. The van der Waals surface area contributed by atoms with Crippen molar-refractivity contribution in [1.82, 2.24) is 39.9 Å². The summed E-state index contributed by atoms with van der Waals surface area (Å²) in [4.78, 5) is 53.0. The van der Waals surface area contributed by atoms with Crippen molar-refractivity contribution in [2.24, 2.45) is 0 Å². The van der Waals surface area contributed by atoms with Crippen molar-refractivity contribution in [2.75, 3.05) is 39.6 Å². The molecule has 88 heavy (non-hydrogen) atoms. The lowest BCUT2D eigenvalue weighted by Crippen LogP contribution is -2.09. The standard InChI is InChI=1S/C68H71N9O11/c1-7-13-27-80-55-43-37-21-23-39(86-37)45(43)57(82-29-15-9-3)51-49(55)63-70-61-35-20-19-34(77(78)79)33-36(35)62(69-61)71-64-50-52(58(83-30-16-10-4)46-40-24-22-38(87-40)44(46)56(50)81-28-14-8-2)66(73-64)75-68-54-53(67(76-68)74-65(51)72-63)59(84-31-17-11-5)47-41-25-26-42(88-41)48(47)60(54)85-32-18-12-6/h19-26,33,37-42H,7-18,27-32H2,1-6H3,(H2,69,70,71,72,73,74,75,76)/t37-,38-,39+,40+,41+,42-/m1/s1. The van der Waals surface area contributed by atoms with E-state index >= 15 is 0 Å². The molecule has 8 aliphatic rings. The number of H-pyrrole nitrogens is 2. The molecule has 8 aliphatic heterocycles. The van der Waals surface area contributed by atoms with Crippen LogP contribution in [0.25, 0.3) is 89.7 Å². The fourth-order valence-electron chi connectivity index (χ4n) is 13.4. The predicted octanol–water partition coefficient (Wildman–Crippen LogP) is 15.9. The minimum Gasteiger partial charge on any atom is -0.492 e. The predicted molar refractivity (Wildman–Crippen MR) is 332 cm³/mol. The lowest BCUT2D eigenvalue weighted by Gasteiger charge is -2.22. The van der Waals surface area contributed by atoms with Crippen LogP contribution in [0, 0.1) is 10.1 Å². The summed E-state index contributed by atoms with van der Waals surface area (Å²) in [5.41, 5.74) is 8.61. The maximum Gasteiger partial charge on any atom is 0.270 e. The topological polar surface area (TPSA) is 235 Å². The third-order valence-electron chi connectivity index (χ3n) is 17.7. The van der Waals surface area contributed by atoms with Crippen LogP contribution >= 0.6 is 0 Å². The van der Waals surface area contributed by atoms with E-state index in [-0.39, 0.29) is 29.0 Å². The molecule has 0 unspecified atom stereocenters. The fraction of sp³-hybridized carbons (Fsp3) is 0.441. The van der Waals surface area contributed by atoms with Gasteiger partial charge in [0.05, 0.1) is 77.2 Å². The van der Waals surface area contributed by atoms with Gasteiger partial charge in [-0.3, -0.25) is 10.1 Å². The van der Waals surface area contributed by atoms with Gasteiger partial charge in [0.25, 0.3) is 5.69 Å². The third-order valence-corrected chi connectivity index (χ3v) is 17.7. The molecule has 20 nitrogen and oxygen atoms in total. The normalized spacial score (nSPS) is 19.7. The number of benzene rings is 4. The van der Waals surface area contributed by atoms with E-state index in [1.54, 1.807) is 6.07 Å². The van der Waals surface area contributed by atoms with Gasteiger partial charge >= 0.3 is 0 Å². The van der Waals surface area contributed by atoms with E-state index in [0.29, 0.717) is 141 Å². The van der Waals surface area contributed by atoms with Gasteiger partial charge in [0.2, 0.25) is 0 Å². The summed E-state index contributed by atoms with van der Waals surface area (Å²) in [6.07, 6.45) is 20.0. The number of hydrogen-bond acceptors (Lipinski definition) is 17. The highest BCUT2D eigenvalue weighted by molar-refractivity contribution is 6.16. The molecule has 0 radical (unpaired) electrons. The van der Waals surface area contributed by atoms with Crippen LogP contribution < -0.4 is 28.4 Å². The summed E-state index contributed by atoms with van der Waals surface area (Å²) in [5, 5.41) is 15.3. The number of aromatic amines is 2. The molecule has 4 aromatic carbocycles. The zero-order chi connectivity index (χ0) is 59.9. The first-order chi connectivity index (χ1) is 43.2. The van der Waals surface area contributed by atoms with E-state index in [1.807, 2.05) is 0 Å². The van der Waals surface area contributed by atoms with Crippen LogP contribution in [-0.2, 0) is 14.2 Å². The number of nitro benzene ring substituents is 1. The minimum atomic E-state index is -0.433. The number of fused-ring (bicyclic) bond motifs is 35. The third kappa shape index (κ3) is 8.93. The van der Waals surface area contributed by atoms with Crippen molar-refractivity contribution in [2.45, 2.75) is 155 Å². The molecule has 0 saturated heterocycles. The number of nitrogens with zero attached hydrogens (tertiary/aromatic N) is 7. The highest BCUT2D eigenvalue weighted by Crippen LogP contribution is 2.63. The van der Waals surface area contributed by atoms with Crippen molar-refractivity contribution >= 4 is 49.8 Å². The van der Waals surface area contributed by atoms with Gasteiger partial charge in [-0.15, -0.1) is 0 Å². The van der Waals surface area contributed by atoms with Crippen LogP contribution in [0.5, 0.6) is 34.5 Å². The zero-order valence-electron chi connectivity index (χ0n) is 50.5. The monoisotopic (exact) mass is 1190 g/mol. The number of hydrogen-bond donors (Lipinski definition) is 2. The Kier molecular flexibility index (Phi) is 14.6. The summed E-state index contributed by atoms with van der Waals surface area (Å²) in [6.45, 7) is 15.3. The summed E-state index contributed by atoms with van der Waals surface area (Å²) in [6, 6.07) is 4.63. The number of non-ortho nitro benzene ring substituents is 1. The molecule has 2 N–H and O–H groups in total. The highest BCUT2D eigenvalue weighted by atomic mass is 16.6. The van der Waals surface area contributed by atoms with Crippen LogP contribution in [-0.4, -0.2) is 84.4 Å². The van der Waals surface area contributed by atoms with E-state index in [2.05, 4.69) is 88.0 Å². The first-order valence-electron chi connectivity index (χ1n) is 31.9. The van der Waals surface area contributed by atoms with Crippen molar-refractivity contribution in [1.29, 1.82) is 0 Å². The number of nitro groups is 1. The molecule has 0 aliphatic carbocycles. The molecule has 15 rings (SSSR count). The summed E-state index contributed by atoms with van der Waals surface area (Å²) >= 11 is 0. The maximum atomic E-state index is 12.8. The van der Waals surface area contributed by atoms with Crippen molar-refractivity contribution in [3.63, 3.8) is 0 Å². The van der Waals surface area contributed by atoms with Crippen molar-refractivity contribution in [3.8, 4) is 80.0 Å². The Bertz CT molecular complexity index is 4300. The van der Waals surface area contributed by atoms with Crippen LogP contribution in [0.4, 0.5) is 5.69 Å². The van der Waals surface area contributed by atoms with Gasteiger partial charge < -0.3 is 52.6 Å². The fourth-order valence-corrected chi connectivity index (χ4v) is 13.4. The van der Waals surface area contributed by atoms with Gasteiger partial charge in [0.1, 0.15) is 93.7 Å². The van der Waals surface area contributed by atoms with Gasteiger partial charge in [-0.05, 0) is 44.6 Å².